The van der Waals surface area contributed by atoms with Crippen molar-refractivity contribution in [3.05, 3.63) is 65.7 Å². The lowest BCUT2D eigenvalue weighted by Gasteiger charge is -2.24. The fourth-order valence-corrected chi connectivity index (χ4v) is 2.17. The molecule has 0 saturated heterocycles. The van der Waals surface area contributed by atoms with Crippen LogP contribution >= 0.6 is 0 Å². The Morgan fingerprint density at radius 2 is 1.67 bits per heavy atom. The van der Waals surface area contributed by atoms with Crippen molar-refractivity contribution in [2.75, 3.05) is 27.2 Å². The Labute approximate surface area is 126 Å². The molecule has 0 unspecified atom stereocenters. The lowest BCUT2D eigenvalue weighted by molar-refractivity contribution is 0.223. The Bertz CT molecular complexity index is 543. The van der Waals surface area contributed by atoms with Gasteiger partial charge >= 0.3 is 0 Å². The summed E-state index contributed by atoms with van der Waals surface area (Å²) in [6.45, 7) is 3.25. The molecule has 112 valence electrons. The minimum Gasteiger partial charge on any atom is -0.308 e. The summed E-state index contributed by atoms with van der Waals surface area (Å²) in [5.41, 5.74) is 1.94. The van der Waals surface area contributed by atoms with Gasteiger partial charge in [-0.2, -0.15) is 0 Å². The number of rotatable bonds is 7. The number of hydrogen-bond acceptors (Lipinski definition) is 3. The zero-order chi connectivity index (χ0) is 15.1. The first-order valence-electron chi connectivity index (χ1n) is 7.14. The van der Waals surface area contributed by atoms with Crippen LogP contribution in [-0.4, -0.2) is 42.0 Å². The van der Waals surface area contributed by atoms with E-state index in [2.05, 4.69) is 14.8 Å². The molecule has 3 nitrogen and oxygen atoms in total. The third-order valence-corrected chi connectivity index (χ3v) is 3.37. The van der Waals surface area contributed by atoms with E-state index in [1.165, 1.54) is 11.6 Å². The monoisotopic (exact) mass is 287 g/mol. The highest BCUT2D eigenvalue weighted by atomic mass is 19.1. The second kappa shape index (κ2) is 7.86. The van der Waals surface area contributed by atoms with E-state index in [4.69, 9.17) is 0 Å². The molecule has 1 aromatic carbocycles. The molecule has 0 spiro atoms. The second-order valence-electron chi connectivity index (χ2n) is 5.46. The van der Waals surface area contributed by atoms with Crippen LogP contribution in [0.5, 0.6) is 0 Å². The van der Waals surface area contributed by atoms with E-state index < -0.39 is 0 Å². The Balaban J connectivity index is 2.06. The highest BCUT2D eigenvalue weighted by Gasteiger charge is 2.10. The van der Waals surface area contributed by atoms with E-state index in [1.54, 1.807) is 18.5 Å². The normalized spacial score (nSPS) is 11.3. The topological polar surface area (TPSA) is 19.4 Å². The van der Waals surface area contributed by atoms with Crippen molar-refractivity contribution in [2.45, 2.75) is 13.1 Å². The van der Waals surface area contributed by atoms with E-state index in [0.717, 1.165) is 25.2 Å². The summed E-state index contributed by atoms with van der Waals surface area (Å²) in [6, 6.07) is 11.0. The summed E-state index contributed by atoms with van der Waals surface area (Å²) in [5, 5.41) is 0. The highest BCUT2D eigenvalue weighted by molar-refractivity contribution is 5.17. The number of pyridine rings is 1. The molecule has 1 heterocycles. The standard InChI is InChI=1S/C17H22FN3/c1-20(2)11-12-21(13-15-7-9-19-10-8-15)14-16-5-3-4-6-17(16)18/h3-10H,11-14H2,1-2H3. The molecule has 0 aliphatic rings. The van der Waals surface area contributed by atoms with Crippen molar-refractivity contribution in [1.82, 2.24) is 14.8 Å². The molecule has 2 rings (SSSR count). The van der Waals surface area contributed by atoms with Crippen LogP contribution in [0.4, 0.5) is 4.39 Å². The van der Waals surface area contributed by atoms with Crippen LogP contribution in [0.3, 0.4) is 0 Å². The summed E-state index contributed by atoms with van der Waals surface area (Å²) in [7, 11) is 4.10. The van der Waals surface area contributed by atoms with Crippen molar-refractivity contribution in [3.63, 3.8) is 0 Å². The smallest absolute Gasteiger partial charge is 0.127 e. The molecule has 0 radical (unpaired) electrons. The SMILES string of the molecule is CN(C)CCN(Cc1ccncc1)Cc1ccccc1F. The number of hydrogen-bond donors (Lipinski definition) is 0. The molecule has 2 aromatic rings. The Morgan fingerprint density at radius 1 is 0.952 bits per heavy atom. The quantitative estimate of drug-likeness (QED) is 0.780. The van der Waals surface area contributed by atoms with Crippen molar-refractivity contribution in [3.8, 4) is 0 Å². The molecule has 0 aliphatic heterocycles. The van der Waals surface area contributed by atoms with Gasteiger partial charge in [0.2, 0.25) is 0 Å². The van der Waals surface area contributed by atoms with Gasteiger partial charge in [0.05, 0.1) is 0 Å². The summed E-state index contributed by atoms with van der Waals surface area (Å²) in [4.78, 5) is 8.44. The fraction of sp³-hybridized carbons (Fsp3) is 0.353. The lowest BCUT2D eigenvalue weighted by atomic mass is 10.1. The minimum atomic E-state index is -0.137. The van der Waals surface area contributed by atoms with E-state index >= 15 is 0 Å². The number of aromatic nitrogens is 1. The largest absolute Gasteiger partial charge is 0.308 e. The first-order chi connectivity index (χ1) is 10.1. The molecule has 0 amide bonds. The summed E-state index contributed by atoms with van der Waals surface area (Å²) in [5.74, 6) is -0.137. The molecule has 1 aromatic heterocycles. The van der Waals surface area contributed by atoms with E-state index in [-0.39, 0.29) is 5.82 Å². The Morgan fingerprint density at radius 3 is 2.33 bits per heavy atom. The second-order valence-corrected chi connectivity index (χ2v) is 5.46. The maximum Gasteiger partial charge on any atom is 0.127 e. The van der Waals surface area contributed by atoms with Crippen LogP contribution in [0.1, 0.15) is 11.1 Å². The van der Waals surface area contributed by atoms with Crippen LogP contribution in [-0.2, 0) is 13.1 Å². The highest BCUT2D eigenvalue weighted by Crippen LogP contribution is 2.12. The third kappa shape index (κ3) is 5.25. The van der Waals surface area contributed by atoms with Gasteiger partial charge in [0.25, 0.3) is 0 Å². The van der Waals surface area contributed by atoms with Gasteiger partial charge in [0.1, 0.15) is 5.82 Å². The van der Waals surface area contributed by atoms with E-state index in [9.17, 15) is 4.39 Å². The van der Waals surface area contributed by atoms with Crippen molar-refractivity contribution in [2.24, 2.45) is 0 Å². The summed E-state index contributed by atoms with van der Waals surface area (Å²) >= 11 is 0. The third-order valence-electron chi connectivity index (χ3n) is 3.37. The Hall–Kier alpha value is -1.78. The van der Waals surface area contributed by atoms with Gasteiger partial charge in [0.15, 0.2) is 0 Å². The molecule has 4 heteroatoms. The van der Waals surface area contributed by atoms with Gasteiger partial charge in [-0.25, -0.2) is 4.39 Å². The van der Waals surface area contributed by atoms with Gasteiger partial charge in [0, 0.05) is 44.1 Å². The molecule has 0 bridgehead atoms. The maximum absolute atomic E-state index is 13.8. The van der Waals surface area contributed by atoms with Gasteiger partial charge in [-0.3, -0.25) is 9.88 Å². The van der Waals surface area contributed by atoms with Gasteiger partial charge < -0.3 is 4.90 Å². The lowest BCUT2D eigenvalue weighted by Crippen LogP contribution is -2.31. The first kappa shape index (κ1) is 15.6. The zero-order valence-corrected chi connectivity index (χ0v) is 12.7. The molecule has 0 N–H and O–H groups in total. The van der Waals surface area contributed by atoms with E-state index in [0.29, 0.717) is 6.54 Å². The van der Waals surface area contributed by atoms with Crippen molar-refractivity contribution < 1.29 is 4.39 Å². The van der Waals surface area contributed by atoms with Crippen LogP contribution in [0, 0.1) is 5.82 Å². The molecule has 0 atom stereocenters. The minimum absolute atomic E-state index is 0.137. The van der Waals surface area contributed by atoms with Crippen LogP contribution < -0.4 is 0 Å². The first-order valence-corrected chi connectivity index (χ1v) is 7.14. The summed E-state index contributed by atoms with van der Waals surface area (Å²) < 4.78 is 13.8. The van der Waals surface area contributed by atoms with Gasteiger partial charge in [-0.05, 0) is 37.9 Å². The molecule has 21 heavy (non-hydrogen) atoms. The van der Waals surface area contributed by atoms with Crippen LogP contribution in [0.15, 0.2) is 48.8 Å². The zero-order valence-electron chi connectivity index (χ0n) is 12.7. The van der Waals surface area contributed by atoms with Crippen molar-refractivity contribution in [1.29, 1.82) is 0 Å². The average Bonchev–Trinajstić information content (AvgIpc) is 2.48. The molecule has 0 aliphatic carbocycles. The predicted octanol–water partition coefficient (Wildman–Crippen LogP) is 2.78. The van der Waals surface area contributed by atoms with Gasteiger partial charge in [-0.1, -0.05) is 18.2 Å². The number of likely N-dealkylation sites (N-methyl/N-ethyl adjacent to an activating group) is 1. The van der Waals surface area contributed by atoms with Crippen molar-refractivity contribution >= 4 is 0 Å². The molecular formula is C17H22FN3. The average molecular weight is 287 g/mol. The van der Waals surface area contributed by atoms with Gasteiger partial charge in [-0.15, -0.1) is 0 Å². The van der Waals surface area contributed by atoms with Crippen LogP contribution in [0.25, 0.3) is 0 Å². The molecular weight excluding hydrogens is 265 g/mol. The number of halogens is 1. The van der Waals surface area contributed by atoms with E-state index in [1.807, 2.05) is 38.4 Å². The van der Waals surface area contributed by atoms with Crippen LogP contribution in [0.2, 0.25) is 0 Å². The predicted molar refractivity (Wildman–Crippen MR) is 83.3 cm³/mol. The summed E-state index contributed by atoms with van der Waals surface area (Å²) in [6.07, 6.45) is 3.59. The fourth-order valence-electron chi connectivity index (χ4n) is 2.17. The maximum atomic E-state index is 13.8. The number of nitrogens with zero attached hydrogens (tertiary/aromatic N) is 3. The number of benzene rings is 1. The molecule has 0 fully saturated rings. The molecule has 0 saturated carbocycles. The Kier molecular flexibility index (Phi) is 5.84.